The molecule has 0 atom stereocenters. The van der Waals surface area contributed by atoms with E-state index in [4.69, 9.17) is 16.3 Å². The first-order valence-corrected chi connectivity index (χ1v) is 9.31. The van der Waals surface area contributed by atoms with Crippen molar-refractivity contribution in [3.05, 3.63) is 35.4 Å². The van der Waals surface area contributed by atoms with E-state index in [-0.39, 0.29) is 16.5 Å². The molecule has 1 N–H and O–H groups in total. The Kier molecular flexibility index (Phi) is 4.77. The molecule has 24 heavy (non-hydrogen) atoms. The van der Waals surface area contributed by atoms with Crippen molar-refractivity contribution in [2.24, 2.45) is 0 Å². The molecule has 2 aromatic rings. The number of aromatic nitrogens is 2. The second kappa shape index (κ2) is 6.82. The Bertz CT molecular complexity index is 821. The number of hydrogen-bond acceptors (Lipinski definition) is 6. The number of anilines is 2. The molecule has 7 nitrogen and oxygen atoms in total. The van der Waals surface area contributed by atoms with Crippen LogP contribution >= 0.6 is 11.6 Å². The standard InChI is InChI=1S/C15H17ClN4O3S/c1-23-12-5-4-11(16)10-13(12)24(21,22)19-14-6-7-15(18-17-14)20-8-2-3-9-20/h4-7,10H,2-3,8-9H2,1H3,(H,17,19). The predicted molar refractivity (Wildman–Crippen MR) is 92.3 cm³/mol. The van der Waals surface area contributed by atoms with Crippen molar-refractivity contribution < 1.29 is 13.2 Å². The quantitative estimate of drug-likeness (QED) is 0.873. The fraction of sp³-hybridized carbons (Fsp3) is 0.333. The number of hydrogen-bond donors (Lipinski definition) is 1. The molecule has 2 heterocycles. The molecule has 1 aliphatic rings. The van der Waals surface area contributed by atoms with E-state index in [1.807, 2.05) is 0 Å². The molecule has 128 valence electrons. The minimum Gasteiger partial charge on any atom is -0.495 e. The summed E-state index contributed by atoms with van der Waals surface area (Å²) in [6.45, 7) is 1.89. The zero-order valence-electron chi connectivity index (χ0n) is 13.1. The highest BCUT2D eigenvalue weighted by molar-refractivity contribution is 7.92. The molecule has 1 fully saturated rings. The van der Waals surface area contributed by atoms with Crippen LogP contribution in [0.2, 0.25) is 5.02 Å². The van der Waals surface area contributed by atoms with Gasteiger partial charge in [-0.25, -0.2) is 8.42 Å². The number of halogens is 1. The number of sulfonamides is 1. The van der Waals surface area contributed by atoms with Gasteiger partial charge in [0.15, 0.2) is 11.6 Å². The van der Waals surface area contributed by atoms with Gasteiger partial charge >= 0.3 is 0 Å². The van der Waals surface area contributed by atoms with E-state index in [1.165, 1.54) is 19.2 Å². The van der Waals surface area contributed by atoms with Gasteiger partial charge in [0.1, 0.15) is 10.6 Å². The first-order chi connectivity index (χ1) is 11.5. The number of benzene rings is 1. The van der Waals surface area contributed by atoms with Gasteiger partial charge < -0.3 is 9.64 Å². The lowest BCUT2D eigenvalue weighted by molar-refractivity contribution is 0.403. The van der Waals surface area contributed by atoms with Crippen molar-refractivity contribution in [1.29, 1.82) is 0 Å². The number of rotatable bonds is 5. The van der Waals surface area contributed by atoms with Crippen molar-refractivity contribution in [3.63, 3.8) is 0 Å². The average molecular weight is 369 g/mol. The molecule has 1 aromatic heterocycles. The number of nitrogens with zero attached hydrogens (tertiary/aromatic N) is 3. The van der Waals surface area contributed by atoms with E-state index in [9.17, 15) is 8.42 Å². The minimum atomic E-state index is -3.89. The molecule has 1 aromatic carbocycles. The first kappa shape index (κ1) is 16.8. The van der Waals surface area contributed by atoms with Crippen LogP contribution in [-0.4, -0.2) is 38.8 Å². The number of methoxy groups -OCH3 is 1. The highest BCUT2D eigenvalue weighted by Gasteiger charge is 2.21. The van der Waals surface area contributed by atoms with Gasteiger partial charge in [-0.3, -0.25) is 4.72 Å². The van der Waals surface area contributed by atoms with Crippen LogP contribution in [0.15, 0.2) is 35.2 Å². The van der Waals surface area contributed by atoms with Gasteiger partial charge in [0.2, 0.25) is 0 Å². The van der Waals surface area contributed by atoms with Gasteiger partial charge in [0.05, 0.1) is 7.11 Å². The van der Waals surface area contributed by atoms with Gasteiger partial charge in [-0.15, -0.1) is 10.2 Å². The summed E-state index contributed by atoms with van der Waals surface area (Å²) in [4.78, 5) is 2.06. The van der Waals surface area contributed by atoms with Gasteiger partial charge in [-0.05, 0) is 43.2 Å². The van der Waals surface area contributed by atoms with E-state index >= 15 is 0 Å². The molecular formula is C15H17ClN4O3S. The predicted octanol–water partition coefficient (Wildman–Crippen LogP) is 2.54. The summed E-state index contributed by atoms with van der Waals surface area (Å²) in [7, 11) is -2.49. The Morgan fingerprint density at radius 1 is 1.17 bits per heavy atom. The van der Waals surface area contributed by atoms with E-state index in [1.54, 1.807) is 18.2 Å². The van der Waals surface area contributed by atoms with Crippen molar-refractivity contribution in [2.75, 3.05) is 29.8 Å². The summed E-state index contributed by atoms with van der Waals surface area (Å²) in [6, 6.07) is 7.73. The Balaban J connectivity index is 1.83. The minimum absolute atomic E-state index is 0.0529. The third kappa shape index (κ3) is 3.54. The van der Waals surface area contributed by atoms with Gasteiger partial charge in [-0.1, -0.05) is 11.6 Å². The summed E-state index contributed by atoms with van der Waals surface area (Å²) in [5, 5.41) is 8.34. The molecule has 0 aliphatic carbocycles. The van der Waals surface area contributed by atoms with Crippen molar-refractivity contribution in [1.82, 2.24) is 10.2 Å². The topological polar surface area (TPSA) is 84.4 Å². The molecule has 1 aliphatic heterocycles. The molecule has 0 radical (unpaired) electrons. The third-order valence-corrected chi connectivity index (χ3v) is 5.35. The lowest BCUT2D eigenvalue weighted by atomic mass is 10.3. The second-order valence-corrected chi connectivity index (χ2v) is 7.46. The molecule has 0 saturated carbocycles. The summed E-state index contributed by atoms with van der Waals surface area (Å²) >= 11 is 5.90. The summed E-state index contributed by atoms with van der Waals surface area (Å²) < 4.78 is 32.6. The number of nitrogens with one attached hydrogen (secondary N) is 1. The smallest absolute Gasteiger partial charge is 0.266 e. The van der Waals surface area contributed by atoms with Crippen LogP contribution < -0.4 is 14.4 Å². The van der Waals surface area contributed by atoms with Gasteiger partial charge in [0.25, 0.3) is 10.0 Å². The zero-order chi connectivity index (χ0) is 17.2. The fourth-order valence-electron chi connectivity index (χ4n) is 2.55. The van der Waals surface area contributed by atoms with Crippen LogP contribution in [0, 0.1) is 0 Å². The Morgan fingerprint density at radius 3 is 2.54 bits per heavy atom. The maximum Gasteiger partial charge on any atom is 0.266 e. The second-order valence-electron chi connectivity index (χ2n) is 5.37. The van der Waals surface area contributed by atoms with Crippen molar-refractivity contribution in [3.8, 4) is 5.75 Å². The molecular weight excluding hydrogens is 352 g/mol. The largest absolute Gasteiger partial charge is 0.495 e. The molecule has 9 heteroatoms. The normalized spacial score (nSPS) is 14.7. The van der Waals surface area contributed by atoms with Crippen LogP contribution in [0.4, 0.5) is 11.6 Å². The molecule has 0 bridgehead atoms. The first-order valence-electron chi connectivity index (χ1n) is 7.44. The highest BCUT2D eigenvalue weighted by Crippen LogP contribution is 2.28. The Labute approximate surface area is 145 Å². The summed E-state index contributed by atoms with van der Waals surface area (Å²) in [6.07, 6.45) is 2.26. The molecule has 1 saturated heterocycles. The highest BCUT2D eigenvalue weighted by atomic mass is 35.5. The van der Waals surface area contributed by atoms with E-state index in [0.717, 1.165) is 31.7 Å². The summed E-state index contributed by atoms with van der Waals surface area (Å²) in [5.41, 5.74) is 0. The Hall–Kier alpha value is -2.06. The lowest BCUT2D eigenvalue weighted by Crippen LogP contribution is -2.20. The fourth-order valence-corrected chi connectivity index (χ4v) is 3.98. The third-order valence-electron chi connectivity index (χ3n) is 3.73. The Morgan fingerprint density at radius 2 is 1.92 bits per heavy atom. The average Bonchev–Trinajstić information content (AvgIpc) is 3.10. The molecule has 0 amide bonds. The van der Waals surface area contributed by atoms with E-state index in [2.05, 4.69) is 19.8 Å². The van der Waals surface area contributed by atoms with Crippen LogP contribution in [0.25, 0.3) is 0 Å². The van der Waals surface area contributed by atoms with Crippen molar-refractivity contribution in [2.45, 2.75) is 17.7 Å². The van der Waals surface area contributed by atoms with E-state index < -0.39 is 10.0 Å². The number of ether oxygens (including phenoxy) is 1. The molecule has 3 rings (SSSR count). The summed E-state index contributed by atoms with van der Waals surface area (Å²) in [5.74, 6) is 1.09. The van der Waals surface area contributed by atoms with E-state index in [0.29, 0.717) is 5.02 Å². The van der Waals surface area contributed by atoms with Crippen LogP contribution in [0.3, 0.4) is 0 Å². The monoisotopic (exact) mass is 368 g/mol. The van der Waals surface area contributed by atoms with Crippen LogP contribution in [0.1, 0.15) is 12.8 Å². The van der Waals surface area contributed by atoms with Crippen LogP contribution in [0.5, 0.6) is 5.75 Å². The maximum absolute atomic E-state index is 12.5. The zero-order valence-corrected chi connectivity index (χ0v) is 14.6. The molecule has 0 unspecified atom stereocenters. The van der Waals surface area contributed by atoms with Gasteiger partial charge in [-0.2, -0.15) is 0 Å². The SMILES string of the molecule is COc1ccc(Cl)cc1S(=O)(=O)Nc1ccc(N2CCCC2)nn1. The maximum atomic E-state index is 12.5. The van der Waals surface area contributed by atoms with Crippen molar-refractivity contribution >= 4 is 33.3 Å². The molecule has 0 spiro atoms. The van der Waals surface area contributed by atoms with Crippen LogP contribution in [-0.2, 0) is 10.0 Å². The van der Waals surface area contributed by atoms with Gasteiger partial charge in [0, 0.05) is 18.1 Å². The lowest BCUT2D eigenvalue weighted by Gasteiger charge is -2.15.